The van der Waals surface area contributed by atoms with Crippen molar-refractivity contribution in [1.29, 1.82) is 0 Å². The predicted octanol–water partition coefficient (Wildman–Crippen LogP) is 3.14. The number of aliphatic imine (C=N–C) groups is 1. The van der Waals surface area contributed by atoms with Gasteiger partial charge in [-0.1, -0.05) is 12.8 Å². The van der Waals surface area contributed by atoms with Crippen LogP contribution in [-0.2, 0) is 9.84 Å². The van der Waals surface area contributed by atoms with E-state index in [1.54, 1.807) is 24.3 Å². The molecule has 0 N–H and O–H groups in total. The van der Waals surface area contributed by atoms with Crippen LogP contribution in [0.4, 0.5) is 5.69 Å². The van der Waals surface area contributed by atoms with Gasteiger partial charge in [0.25, 0.3) is 0 Å². The lowest BCUT2D eigenvalue weighted by atomic mass is 10.3. The summed E-state index contributed by atoms with van der Waals surface area (Å²) in [7, 11) is -3.16. The lowest BCUT2D eigenvalue weighted by Crippen LogP contribution is -2.17. The molecule has 3 nitrogen and oxygen atoms in total. The zero-order valence-electron chi connectivity index (χ0n) is 9.30. The second-order valence-electron chi connectivity index (χ2n) is 4.15. The van der Waals surface area contributed by atoms with Crippen LogP contribution in [0.2, 0.25) is 0 Å². The fourth-order valence-corrected chi connectivity index (χ4v) is 4.11. The van der Waals surface area contributed by atoms with Gasteiger partial charge in [0.2, 0.25) is 0 Å². The van der Waals surface area contributed by atoms with Crippen LogP contribution in [-0.4, -0.2) is 18.8 Å². The molecule has 1 fully saturated rings. The Bertz CT molecular complexity index is 536. The van der Waals surface area contributed by atoms with E-state index in [1.165, 1.54) is 0 Å². The molecule has 1 aromatic carbocycles. The number of nitrogens with zero attached hydrogens (tertiary/aromatic N) is 1. The first kappa shape index (κ1) is 12.4. The van der Waals surface area contributed by atoms with Gasteiger partial charge in [-0.25, -0.2) is 8.42 Å². The van der Waals surface area contributed by atoms with Gasteiger partial charge in [0, 0.05) is 0 Å². The van der Waals surface area contributed by atoms with E-state index in [0.717, 1.165) is 25.7 Å². The summed E-state index contributed by atoms with van der Waals surface area (Å²) in [5.41, 5.74) is 0.630. The zero-order valence-corrected chi connectivity index (χ0v) is 10.9. The van der Waals surface area contributed by atoms with Crippen molar-refractivity contribution in [2.45, 2.75) is 35.8 Å². The van der Waals surface area contributed by atoms with Gasteiger partial charge in [-0.3, -0.25) is 0 Å². The summed E-state index contributed by atoms with van der Waals surface area (Å²) < 4.78 is 24.5. The molecule has 0 saturated heterocycles. The van der Waals surface area contributed by atoms with Crippen LogP contribution in [0.3, 0.4) is 0 Å². The Hall–Kier alpha value is -1.03. The Morgan fingerprint density at radius 2 is 1.76 bits per heavy atom. The minimum atomic E-state index is -3.16. The number of hydrogen-bond acceptors (Lipinski definition) is 4. The molecule has 90 valence electrons. The average molecular weight is 267 g/mol. The molecule has 1 aliphatic carbocycles. The highest BCUT2D eigenvalue weighted by Crippen LogP contribution is 2.30. The molecule has 0 aromatic heterocycles. The third kappa shape index (κ3) is 2.63. The van der Waals surface area contributed by atoms with E-state index in [0.29, 0.717) is 10.6 Å². The van der Waals surface area contributed by atoms with E-state index in [4.69, 9.17) is 0 Å². The first-order valence-corrected chi connectivity index (χ1v) is 7.52. The van der Waals surface area contributed by atoms with Crippen molar-refractivity contribution < 1.29 is 8.42 Å². The lowest BCUT2D eigenvalue weighted by Gasteiger charge is -2.10. The fourth-order valence-electron chi connectivity index (χ4n) is 2.15. The topological polar surface area (TPSA) is 46.5 Å². The summed E-state index contributed by atoms with van der Waals surface area (Å²) in [6, 6.07) is 6.50. The molecule has 0 heterocycles. The smallest absolute Gasteiger partial charge is 0.181 e. The van der Waals surface area contributed by atoms with Crippen molar-refractivity contribution in [2.24, 2.45) is 4.99 Å². The molecule has 1 aliphatic rings. The molecule has 5 heteroatoms. The van der Waals surface area contributed by atoms with E-state index in [-0.39, 0.29) is 5.25 Å². The molecule has 2 rings (SSSR count). The number of hydrogen-bond donors (Lipinski definition) is 0. The molecule has 0 amide bonds. The van der Waals surface area contributed by atoms with E-state index in [1.807, 2.05) is 0 Å². The molecule has 0 radical (unpaired) electrons. The van der Waals surface area contributed by atoms with Crippen molar-refractivity contribution in [2.75, 3.05) is 0 Å². The van der Waals surface area contributed by atoms with Gasteiger partial charge in [-0.2, -0.15) is 4.99 Å². The number of sulfone groups is 1. The summed E-state index contributed by atoms with van der Waals surface area (Å²) in [4.78, 5) is 4.18. The third-order valence-electron chi connectivity index (χ3n) is 3.08. The van der Waals surface area contributed by atoms with Crippen LogP contribution in [0.5, 0.6) is 0 Å². The van der Waals surface area contributed by atoms with Crippen LogP contribution in [0, 0.1) is 0 Å². The first-order valence-electron chi connectivity index (χ1n) is 5.56. The first-order chi connectivity index (χ1) is 8.14. The maximum Gasteiger partial charge on any atom is 0.181 e. The van der Waals surface area contributed by atoms with Gasteiger partial charge in [0.05, 0.1) is 21.0 Å². The normalized spacial score (nSPS) is 16.7. The molecule has 1 aromatic rings. The van der Waals surface area contributed by atoms with Crippen molar-refractivity contribution in [3.05, 3.63) is 24.3 Å². The van der Waals surface area contributed by atoms with E-state index in [2.05, 4.69) is 22.4 Å². The highest BCUT2D eigenvalue weighted by molar-refractivity contribution is 7.92. The standard InChI is InChI=1S/C12H13NO2S2/c14-17(15,11-3-1-2-4-11)12-7-5-10(6-8-12)13-9-16/h5-8,11H,1-4H2. The van der Waals surface area contributed by atoms with Crippen LogP contribution < -0.4 is 0 Å². The third-order valence-corrected chi connectivity index (χ3v) is 5.45. The number of isothiocyanates is 1. The monoisotopic (exact) mass is 267 g/mol. The molecule has 1 saturated carbocycles. The van der Waals surface area contributed by atoms with Gasteiger partial charge in [-0.15, -0.1) is 0 Å². The SMILES string of the molecule is O=S(=O)(c1ccc(N=C=S)cc1)C1CCCC1. The number of rotatable bonds is 3. The molecule has 17 heavy (non-hydrogen) atoms. The van der Waals surface area contributed by atoms with Gasteiger partial charge in [0.15, 0.2) is 9.84 Å². The van der Waals surface area contributed by atoms with E-state index in [9.17, 15) is 8.42 Å². The summed E-state index contributed by atoms with van der Waals surface area (Å²) in [6.07, 6.45) is 3.58. The van der Waals surface area contributed by atoms with Crippen molar-refractivity contribution >= 4 is 32.9 Å². The summed E-state index contributed by atoms with van der Waals surface area (Å²) >= 11 is 4.49. The maximum atomic E-state index is 12.2. The lowest BCUT2D eigenvalue weighted by molar-refractivity contribution is 0.579. The summed E-state index contributed by atoms with van der Waals surface area (Å²) in [5, 5.41) is 2.05. The second kappa shape index (κ2) is 5.08. The minimum Gasteiger partial charge on any atom is -0.223 e. The van der Waals surface area contributed by atoms with Crippen molar-refractivity contribution in [1.82, 2.24) is 0 Å². The number of thiocarbonyl (C=S) groups is 1. The predicted molar refractivity (Wildman–Crippen MR) is 70.6 cm³/mol. The summed E-state index contributed by atoms with van der Waals surface area (Å²) in [5.74, 6) is 0. The highest BCUT2D eigenvalue weighted by Gasteiger charge is 2.29. The van der Waals surface area contributed by atoms with Crippen LogP contribution in [0.15, 0.2) is 34.2 Å². The van der Waals surface area contributed by atoms with Gasteiger partial charge in [-0.05, 0) is 49.3 Å². The second-order valence-corrected chi connectivity index (χ2v) is 6.56. The molecular weight excluding hydrogens is 254 g/mol. The van der Waals surface area contributed by atoms with Gasteiger partial charge < -0.3 is 0 Å². The molecule has 0 atom stereocenters. The minimum absolute atomic E-state index is 0.206. The molecular formula is C12H13NO2S2. The van der Waals surface area contributed by atoms with Crippen LogP contribution in [0.25, 0.3) is 0 Å². The Balaban J connectivity index is 2.30. The molecule has 0 unspecified atom stereocenters. The molecule has 0 aliphatic heterocycles. The Kier molecular flexibility index (Phi) is 3.72. The Labute approximate surface area is 106 Å². The Morgan fingerprint density at radius 3 is 2.29 bits per heavy atom. The highest BCUT2D eigenvalue weighted by atomic mass is 32.2. The maximum absolute atomic E-state index is 12.2. The van der Waals surface area contributed by atoms with Crippen LogP contribution in [0.1, 0.15) is 25.7 Å². The van der Waals surface area contributed by atoms with Gasteiger partial charge >= 0.3 is 0 Å². The zero-order chi connectivity index (χ0) is 12.3. The molecule has 0 spiro atoms. The average Bonchev–Trinajstić information content (AvgIpc) is 2.84. The molecule has 0 bridgehead atoms. The van der Waals surface area contributed by atoms with E-state index < -0.39 is 9.84 Å². The largest absolute Gasteiger partial charge is 0.223 e. The van der Waals surface area contributed by atoms with E-state index >= 15 is 0 Å². The fraction of sp³-hybridized carbons (Fsp3) is 0.417. The van der Waals surface area contributed by atoms with Gasteiger partial charge in [0.1, 0.15) is 0 Å². The summed E-state index contributed by atoms with van der Waals surface area (Å²) in [6.45, 7) is 0. The van der Waals surface area contributed by atoms with Crippen LogP contribution >= 0.6 is 12.2 Å². The quantitative estimate of drug-likeness (QED) is 0.624. The Morgan fingerprint density at radius 1 is 1.18 bits per heavy atom. The number of benzene rings is 1. The van der Waals surface area contributed by atoms with Crippen molar-refractivity contribution in [3.8, 4) is 0 Å². The van der Waals surface area contributed by atoms with Crippen molar-refractivity contribution in [3.63, 3.8) is 0 Å².